The fourth-order valence-electron chi connectivity index (χ4n) is 3.68. The maximum atomic E-state index is 13.2. The number of ether oxygens (including phenoxy) is 2. The van der Waals surface area contributed by atoms with Gasteiger partial charge in [-0.15, -0.1) is 0 Å². The number of hydrogen-bond acceptors (Lipinski definition) is 4. The lowest BCUT2D eigenvalue weighted by molar-refractivity contribution is -0.152. The van der Waals surface area contributed by atoms with Crippen LogP contribution in [0.1, 0.15) is 17.9 Å². The van der Waals surface area contributed by atoms with Crippen LogP contribution in [-0.4, -0.2) is 61.7 Å². The number of carbonyl (C=O) groups is 1. The van der Waals surface area contributed by atoms with E-state index in [0.717, 1.165) is 0 Å². The Morgan fingerprint density at radius 1 is 1.50 bits per heavy atom. The number of carboxylic acid groups (broad SMARTS) is 1. The fourth-order valence-corrected chi connectivity index (χ4v) is 3.68. The first-order chi connectivity index (χ1) is 12.2. The molecule has 0 bridgehead atoms. The van der Waals surface area contributed by atoms with Gasteiger partial charge in [-0.3, -0.25) is 4.79 Å². The van der Waals surface area contributed by atoms with Gasteiger partial charge in [0.15, 0.2) is 0 Å². The van der Waals surface area contributed by atoms with Crippen molar-refractivity contribution in [3.05, 3.63) is 23.8 Å². The molecule has 1 fully saturated rings. The van der Waals surface area contributed by atoms with Crippen LogP contribution < -0.4 is 9.47 Å². The first-order valence-corrected chi connectivity index (χ1v) is 8.12. The topological polar surface area (TPSA) is 59.0 Å². The van der Waals surface area contributed by atoms with E-state index in [1.54, 1.807) is 18.2 Å². The summed E-state index contributed by atoms with van der Waals surface area (Å²) in [6, 6.07) is 5.02. The number of alkyl halides is 4. The van der Waals surface area contributed by atoms with Gasteiger partial charge < -0.3 is 19.5 Å². The Morgan fingerprint density at radius 2 is 2.23 bits per heavy atom. The zero-order valence-electron chi connectivity index (χ0n) is 14.1. The van der Waals surface area contributed by atoms with E-state index < -0.39 is 36.1 Å². The minimum atomic E-state index is -4.09. The summed E-state index contributed by atoms with van der Waals surface area (Å²) in [6.45, 7) is -0.268. The van der Waals surface area contributed by atoms with E-state index in [-0.39, 0.29) is 26.2 Å². The second-order valence-electron chi connectivity index (χ2n) is 6.75. The van der Waals surface area contributed by atoms with Gasteiger partial charge in [0.2, 0.25) is 0 Å². The van der Waals surface area contributed by atoms with Gasteiger partial charge in [0.1, 0.15) is 23.5 Å². The summed E-state index contributed by atoms with van der Waals surface area (Å²) >= 11 is 0. The van der Waals surface area contributed by atoms with Crippen molar-refractivity contribution >= 4 is 5.97 Å². The number of hydrogen-bond donors (Lipinski definition) is 1. The maximum absolute atomic E-state index is 13.2. The van der Waals surface area contributed by atoms with Crippen molar-refractivity contribution in [1.82, 2.24) is 4.90 Å². The van der Waals surface area contributed by atoms with E-state index in [9.17, 15) is 27.5 Å². The molecule has 0 aromatic heterocycles. The van der Waals surface area contributed by atoms with Gasteiger partial charge >= 0.3 is 18.3 Å². The quantitative estimate of drug-likeness (QED) is 0.773. The molecule has 3 rings (SSSR count). The number of halogens is 4. The van der Waals surface area contributed by atoms with Gasteiger partial charge in [-0.25, -0.2) is 17.6 Å². The molecule has 1 saturated heterocycles. The van der Waals surface area contributed by atoms with Crippen molar-refractivity contribution in [2.24, 2.45) is 5.41 Å². The van der Waals surface area contributed by atoms with E-state index in [2.05, 4.69) is 0 Å². The molecular weight excluding hydrogens is 358 g/mol. The number of rotatable bonds is 6. The number of fused-ring (bicyclic) bond motifs is 3. The van der Waals surface area contributed by atoms with Crippen molar-refractivity contribution in [3.8, 4) is 11.5 Å². The largest absolute Gasteiger partial charge is 0.497 e. The standard InChI is InChI=1S/C17H19F4NO4/c1-25-10-2-3-11-12-7-22(5-4-17(20,21)14(18)19)8-16(12,15(23)24)9-26-13(11)6-10/h2-3,6,12,14H,4-5,7-9H2,1H3,(H,23,24)/t12?,16-/m1/s1. The molecule has 1 unspecified atom stereocenters. The summed E-state index contributed by atoms with van der Waals surface area (Å²) in [5.41, 5.74) is -0.635. The SMILES string of the molecule is COc1ccc2c(c1)OC[C@]1(C(=O)O)CN(CCC(F)(F)C(F)F)CC21. The Bertz CT molecular complexity index is 699. The molecule has 1 aromatic carbocycles. The number of carboxylic acids is 1. The highest BCUT2D eigenvalue weighted by Crippen LogP contribution is 2.50. The molecule has 2 heterocycles. The Morgan fingerprint density at radius 3 is 2.85 bits per heavy atom. The number of likely N-dealkylation sites (tertiary alicyclic amines) is 1. The lowest BCUT2D eigenvalue weighted by atomic mass is 9.73. The van der Waals surface area contributed by atoms with Crippen molar-refractivity contribution in [3.63, 3.8) is 0 Å². The van der Waals surface area contributed by atoms with Crippen LogP contribution in [0.4, 0.5) is 17.6 Å². The van der Waals surface area contributed by atoms with Crippen molar-refractivity contribution < 1.29 is 36.9 Å². The van der Waals surface area contributed by atoms with Crippen LogP contribution in [0.2, 0.25) is 0 Å². The predicted molar refractivity (Wildman–Crippen MR) is 83.3 cm³/mol. The second-order valence-corrected chi connectivity index (χ2v) is 6.75. The molecule has 26 heavy (non-hydrogen) atoms. The van der Waals surface area contributed by atoms with Gasteiger partial charge in [-0.05, 0) is 6.07 Å². The van der Waals surface area contributed by atoms with Crippen LogP contribution in [0.15, 0.2) is 18.2 Å². The lowest BCUT2D eigenvalue weighted by Gasteiger charge is -2.36. The smallest absolute Gasteiger partial charge is 0.315 e. The van der Waals surface area contributed by atoms with E-state index in [0.29, 0.717) is 17.1 Å². The summed E-state index contributed by atoms with van der Waals surface area (Å²) in [4.78, 5) is 13.4. The van der Waals surface area contributed by atoms with Gasteiger partial charge in [-0.1, -0.05) is 6.07 Å². The summed E-state index contributed by atoms with van der Waals surface area (Å²) in [7, 11) is 1.49. The van der Waals surface area contributed by atoms with Crippen molar-refractivity contribution in [1.29, 1.82) is 0 Å². The molecular formula is C17H19F4NO4. The van der Waals surface area contributed by atoms with Crippen molar-refractivity contribution in [2.45, 2.75) is 24.7 Å². The van der Waals surface area contributed by atoms with Crippen LogP contribution >= 0.6 is 0 Å². The van der Waals surface area contributed by atoms with Crippen LogP contribution in [0, 0.1) is 5.41 Å². The number of benzene rings is 1. The normalized spacial score (nSPS) is 25.5. The zero-order chi connectivity index (χ0) is 19.1. The van der Waals surface area contributed by atoms with E-state index in [1.807, 2.05) is 0 Å². The molecule has 0 amide bonds. The molecule has 0 spiro atoms. The Kier molecular flexibility index (Phi) is 4.76. The highest BCUT2D eigenvalue weighted by molar-refractivity contribution is 5.78. The first-order valence-electron chi connectivity index (χ1n) is 8.12. The molecule has 2 atom stereocenters. The average molecular weight is 377 g/mol. The van der Waals surface area contributed by atoms with E-state index in [1.165, 1.54) is 12.0 Å². The number of nitrogens with zero attached hydrogens (tertiary/aromatic N) is 1. The van der Waals surface area contributed by atoms with E-state index >= 15 is 0 Å². The number of aliphatic carboxylic acids is 1. The lowest BCUT2D eigenvalue weighted by Crippen LogP contribution is -2.45. The Balaban J connectivity index is 1.83. The molecule has 1 N–H and O–H groups in total. The van der Waals surface area contributed by atoms with Gasteiger partial charge in [0.25, 0.3) is 0 Å². The average Bonchev–Trinajstić information content (AvgIpc) is 3.00. The van der Waals surface area contributed by atoms with Crippen LogP contribution in [-0.2, 0) is 4.79 Å². The number of methoxy groups -OCH3 is 1. The molecule has 5 nitrogen and oxygen atoms in total. The Labute approximate surface area is 147 Å². The summed E-state index contributed by atoms with van der Waals surface area (Å²) in [5, 5.41) is 9.76. The van der Waals surface area contributed by atoms with Crippen molar-refractivity contribution in [2.75, 3.05) is 33.4 Å². The first kappa shape index (κ1) is 18.8. The second kappa shape index (κ2) is 6.61. The monoisotopic (exact) mass is 377 g/mol. The van der Waals surface area contributed by atoms with Gasteiger partial charge in [0, 0.05) is 43.6 Å². The summed E-state index contributed by atoms with van der Waals surface area (Å²) < 4.78 is 61.9. The Hall–Kier alpha value is -2.03. The van der Waals surface area contributed by atoms with Crippen LogP contribution in [0.5, 0.6) is 11.5 Å². The predicted octanol–water partition coefficient (Wildman–Crippen LogP) is 2.85. The summed E-state index contributed by atoms with van der Waals surface area (Å²) in [6.07, 6.45) is -4.76. The fraction of sp³-hybridized carbons (Fsp3) is 0.588. The van der Waals surface area contributed by atoms with Crippen LogP contribution in [0.3, 0.4) is 0 Å². The van der Waals surface area contributed by atoms with Crippen LogP contribution in [0.25, 0.3) is 0 Å². The van der Waals surface area contributed by atoms with Gasteiger partial charge in [0.05, 0.1) is 7.11 Å². The molecule has 0 aliphatic carbocycles. The van der Waals surface area contributed by atoms with E-state index in [4.69, 9.17) is 9.47 Å². The highest BCUT2D eigenvalue weighted by Gasteiger charge is 2.56. The molecule has 1 aromatic rings. The minimum absolute atomic E-state index is 0.0300. The minimum Gasteiger partial charge on any atom is -0.497 e. The maximum Gasteiger partial charge on any atom is 0.315 e. The molecule has 9 heteroatoms. The van der Waals surface area contributed by atoms with Gasteiger partial charge in [-0.2, -0.15) is 0 Å². The molecule has 2 aliphatic rings. The molecule has 144 valence electrons. The third kappa shape index (κ3) is 3.08. The highest BCUT2D eigenvalue weighted by atomic mass is 19.3. The molecule has 0 radical (unpaired) electrons. The molecule has 2 aliphatic heterocycles. The third-order valence-electron chi connectivity index (χ3n) is 5.20. The summed E-state index contributed by atoms with van der Waals surface area (Å²) in [5.74, 6) is -4.61. The molecule has 0 saturated carbocycles. The third-order valence-corrected chi connectivity index (χ3v) is 5.20. The zero-order valence-corrected chi connectivity index (χ0v) is 14.1.